The summed E-state index contributed by atoms with van der Waals surface area (Å²) in [6, 6.07) is 7.25. The fourth-order valence-corrected chi connectivity index (χ4v) is 1.84. The molecule has 0 heterocycles. The molecule has 0 aliphatic rings. The van der Waals surface area contributed by atoms with Gasteiger partial charge in [0.2, 0.25) is 5.91 Å². The Kier molecular flexibility index (Phi) is 7.88. The number of likely N-dealkylation sites (N-methyl/N-ethyl adjacent to an activating group) is 1. The van der Waals surface area contributed by atoms with Crippen LogP contribution in [0.4, 0.5) is 13.2 Å². The van der Waals surface area contributed by atoms with E-state index in [1.165, 1.54) is 4.90 Å². The molecular formula is C16H23F3N2O2. The highest BCUT2D eigenvalue weighted by molar-refractivity contribution is 5.77. The standard InChI is InChI=1S/C16H23F3N2O2/c1-21(2)15(22)12-20-9-7-13-5-3-6-14(11-13)23-10-4-8-16(17,18)19/h3,5-6,11,20H,4,7-10,12H2,1-2H3. The third kappa shape index (κ3) is 9.07. The van der Waals surface area contributed by atoms with Gasteiger partial charge in [0.15, 0.2) is 0 Å². The van der Waals surface area contributed by atoms with Gasteiger partial charge in [0.05, 0.1) is 13.2 Å². The summed E-state index contributed by atoms with van der Waals surface area (Å²) in [5.41, 5.74) is 1.00. The molecule has 1 rings (SSSR count). The number of nitrogens with one attached hydrogen (secondary N) is 1. The average Bonchev–Trinajstić information content (AvgIpc) is 2.47. The highest BCUT2D eigenvalue weighted by Gasteiger charge is 2.26. The van der Waals surface area contributed by atoms with Crippen LogP contribution < -0.4 is 10.1 Å². The second kappa shape index (κ2) is 9.39. The van der Waals surface area contributed by atoms with Gasteiger partial charge in [0.1, 0.15) is 5.75 Å². The van der Waals surface area contributed by atoms with Crippen molar-refractivity contribution in [2.45, 2.75) is 25.4 Å². The van der Waals surface area contributed by atoms with E-state index in [9.17, 15) is 18.0 Å². The van der Waals surface area contributed by atoms with Gasteiger partial charge in [-0.2, -0.15) is 13.2 Å². The van der Waals surface area contributed by atoms with Crippen molar-refractivity contribution in [2.24, 2.45) is 0 Å². The molecule has 0 unspecified atom stereocenters. The first-order valence-corrected chi connectivity index (χ1v) is 7.47. The predicted octanol–water partition coefficient (Wildman–Crippen LogP) is 2.63. The Morgan fingerprint density at radius 1 is 1.30 bits per heavy atom. The van der Waals surface area contributed by atoms with Crippen LogP contribution in [0, 0.1) is 0 Å². The van der Waals surface area contributed by atoms with Crippen LogP contribution in [0.1, 0.15) is 18.4 Å². The van der Waals surface area contributed by atoms with Crippen molar-refractivity contribution in [3.05, 3.63) is 29.8 Å². The zero-order valence-corrected chi connectivity index (χ0v) is 13.4. The van der Waals surface area contributed by atoms with E-state index in [0.29, 0.717) is 18.7 Å². The van der Waals surface area contributed by atoms with Gasteiger partial charge in [-0.05, 0) is 37.1 Å². The summed E-state index contributed by atoms with van der Waals surface area (Å²) in [4.78, 5) is 12.9. The number of carbonyl (C=O) groups is 1. The van der Waals surface area contributed by atoms with Gasteiger partial charge < -0.3 is 15.0 Å². The van der Waals surface area contributed by atoms with E-state index in [1.807, 2.05) is 12.1 Å². The van der Waals surface area contributed by atoms with Crippen molar-refractivity contribution in [1.29, 1.82) is 0 Å². The van der Waals surface area contributed by atoms with Crippen molar-refractivity contribution in [3.63, 3.8) is 0 Å². The van der Waals surface area contributed by atoms with Gasteiger partial charge in [-0.25, -0.2) is 0 Å². The van der Waals surface area contributed by atoms with Crippen LogP contribution in [0.15, 0.2) is 24.3 Å². The fourth-order valence-electron chi connectivity index (χ4n) is 1.84. The molecule has 0 aliphatic carbocycles. The number of nitrogens with zero attached hydrogens (tertiary/aromatic N) is 1. The number of carbonyl (C=O) groups excluding carboxylic acids is 1. The summed E-state index contributed by atoms with van der Waals surface area (Å²) in [5, 5.41) is 3.05. The van der Waals surface area contributed by atoms with Crippen molar-refractivity contribution in [3.8, 4) is 5.75 Å². The zero-order valence-electron chi connectivity index (χ0n) is 13.4. The number of benzene rings is 1. The van der Waals surface area contributed by atoms with Gasteiger partial charge in [0, 0.05) is 20.5 Å². The minimum absolute atomic E-state index is 0.00625. The lowest BCUT2D eigenvalue weighted by Crippen LogP contribution is -2.33. The van der Waals surface area contributed by atoms with Crippen molar-refractivity contribution < 1.29 is 22.7 Å². The van der Waals surface area contributed by atoms with Gasteiger partial charge >= 0.3 is 6.18 Å². The molecule has 0 bridgehead atoms. The van der Waals surface area contributed by atoms with Gasteiger partial charge in [-0.15, -0.1) is 0 Å². The molecule has 1 N–H and O–H groups in total. The lowest BCUT2D eigenvalue weighted by molar-refractivity contribution is -0.136. The number of ether oxygens (including phenoxy) is 1. The zero-order chi connectivity index (χ0) is 17.3. The Balaban J connectivity index is 2.29. The van der Waals surface area contributed by atoms with E-state index >= 15 is 0 Å². The number of alkyl halides is 3. The Morgan fingerprint density at radius 2 is 2.04 bits per heavy atom. The van der Waals surface area contributed by atoms with E-state index in [4.69, 9.17) is 4.74 Å². The minimum Gasteiger partial charge on any atom is -0.494 e. The van der Waals surface area contributed by atoms with Crippen LogP contribution in [0.2, 0.25) is 0 Å². The second-order valence-electron chi connectivity index (χ2n) is 5.43. The highest BCUT2D eigenvalue weighted by Crippen LogP contribution is 2.21. The quantitative estimate of drug-likeness (QED) is 0.707. The Morgan fingerprint density at radius 3 is 2.70 bits per heavy atom. The third-order valence-electron chi connectivity index (χ3n) is 3.14. The van der Waals surface area contributed by atoms with Crippen LogP contribution in [0.25, 0.3) is 0 Å². The number of rotatable bonds is 9. The molecule has 0 radical (unpaired) electrons. The highest BCUT2D eigenvalue weighted by atomic mass is 19.4. The predicted molar refractivity (Wildman–Crippen MR) is 82.5 cm³/mol. The average molecular weight is 332 g/mol. The van der Waals surface area contributed by atoms with E-state index in [-0.39, 0.29) is 25.5 Å². The maximum Gasteiger partial charge on any atom is 0.389 e. The van der Waals surface area contributed by atoms with E-state index in [0.717, 1.165) is 5.56 Å². The van der Waals surface area contributed by atoms with Gasteiger partial charge in [-0.3, -0.25) is 4.79 Å². The molecule has 130 valence electrons. The smallest absolute Gasteiger partial charge is 0.389 e. The number of halogens is 3. The largest absolute Gasteiger partial charge is 0.494 e. The molecule has 0 saturated carbocycles. The van der Waals surface area contributed by atoms with Crippen molar-refractivity contribution in [2.75, 3.05) is 33.8 Å². The number of hydrogen-bond acceptors (Lipinski definition) is 3. The molecule has 0 fully saturated rings. The first kappa shape index (κ1) is 19.3. The van der Waals surface area contributed by atoms with Crippen molar-refractivity contribution in [1.82, 2.24) is 10.2 Å². The summed E-state index contributed by atoms with van der Waals surface area (Å²) >= 11 is 0. The Labute approximate surface area is 134 Å². The Hall–Kier alpha value is -1.76. The third-order valence-corrected chi connectivity index (χ3v) is 3.14. The molecule has 0 saturated heterocycles. The van der Waals surface area contributed by atoms with Crippen LogP contribution in [0.5, 0.6) is 5.75 Å². The van der Waals surface area contributed by atoms with E-state index < -0.39 is 12.6 Å². The first-order valence-electron chi connectivity index (χ1n) is 7.47. The molecule has 23 heavy (non-hydrogen) atoms. The van der Waals surface area contributed by atoms with Gasteiger partial charge in [0.25, 0.3) is 0 Å². The van der Waals surface area contributed by atoms with Gasteiger partial charge in [-0.1, -0.05) is 12.1 Å². The molecular weight excluding hydrogens is 309 g/mol. The maximum atomic E-state index is 12.0. The monoisotopic (exact) mass is 332 g/mol. The minimum atomic E-state index is -4.14. The lowest BCUT2D eigenvalue weighted by Gasteiger charge is -2.11. The first-order chi connectivity index (χ1) is 10.8. The Bertz CT molecular complexity index is 490. The van der Waals surface area contributed by atoms with Crippen LogP contribution in [-0.2, 0) is 11.2 Å². The molecule has 0 spiro atoms. The molecule has 0 aromatic heterocycles. The summed E-state index contributed by atoms with van der Waals surface area (Å²) in [5.74, 6) is 0.570. The lowest BCUT2D eigenvalue weighted by atomic mass is 10.1. The van der Waals surface area contributed by atoms with Crippen LogP contribution in [-0.4, -0.2) is 50.8 Å². The molecule has 0 atom stereocenters. The fraction of sp³-hybridized carbons (Fsp3) is 0.562. The van der Waals surface area contributed by atoms with Crippen molar-refractivity contribution >= 4 is 5.91 Å². The summed E-state index contributed by atoms with van der Waals surface area (Å²) in [7, 11) is 3.40. The molecule has 1 aromatic carbocycles. The number of hydrogen-bond donors (Lipinski definition) is 1. The van der Waals surface area contributed by atoms with E-state index in [1.54, 1.807) is 26.2 Å². The molecule has 4 nitrogen and oxygen atoms in total. The maximum absolute atomic E-state index is 12.0. The molecule has 1 amide bonds. The molecule has 1 aromatic rings. The van der Waals surface area contributed by atoms with Crippen LogP contribution in [0.3, 0.4) is 0 Å². The van der Waals surface area contributed by atoms with E-state index in [2.05, 4.69) is 5.32 Å². The SMILES string of the molecule is CN(C)C(=O)CNCCc1cccc(OCCCC(F)(F)F)c1. The molecule has 0 aliphatic heterocycles. The van der Waals surface area contributed by atoms with Crippen LogP contribution >= 0.6 is 0 Å². The summed E-state index contributed by atoms with van der Waals surface area (Å²) in [6.07, 6.45) is -4.32. The topological polar surface area (TPSA) is 41.6 Å². The summed E-state index contributed by atoms with van der Waals surface area (Å²) in [6.45, 7) is 0.955. The normalized spacial score (nSPS) is 11.3. The number of amides is 1. The summed E-state index contributed by atoms with van der Waals surface area (Å²) < 4.78 is 41.4. The molecule has 7 heteroatoms. The second-order valence-corrected chi connectivity index (χ2v) is 5.43.